The summed E-state index contributed by atoms with van der Waals surface area (Å²) in [4.78, 5) is 1.48. The molecule has 0 aliphatic heterocycles. The van der Waals surface area contributed by atoms with Gasteiger partial charge in [-0.1, -0.05) is 44.6 Å². The fourth-order valence-corrected chi connectivity index (χ4v) is 4.64. The van der Waals surface area contributed by atoms with E-state index >= 15 is 0 Å². The maximum atomic E-state index is 3.51. The number of thiophene rings is 1. The van der Waals surface area contributed by atoms with Crippen LogP contribution in [0, 0.1) is 12.1 Å². The van der Waals surface area contributed by atoms with Gasteiger partial charge in [0, 0.05) is 0 Å². The van der Waals surface area contributed by atoms with Crippen LogP contribution in [0.3, 0.4) is 0 Å². The number of halogens is 3. The van der Waals surface area contributed by atoms with Crippen molar-refractivity contribution in [2.75, 3.05) is 0 Å². The fourth-order valence-electron chi connectivity index (χ4n) is 2.89. The van der Waals surface area contributed by atoms with E-state index < -0.39 is 0 Å². The van der Waals surface area contributed by atoms with Crippen molar-refractivity contribution in [1.29, 1.82) is 0 Å². The van der Waals surface area contributed by atoms with Crippen molar-refractivity contribution in [3.8, 4) is 11.1 Å². The fraction of sp³-hybridized carbons (Fsp3) is 0.100. The smallest absolute Gasteiger partial charge is 1.00 e. The first-order chi connectivity index (χ1) is 10.8. The summed E-state index contributed by atoms with van der Waals surface area (Å²) >= 11 is 5.41. The second kappa shape index (κ2) is 10.2. The van der Waals surface area contributed by atoms with Crippen LogP contribution in [-0.2, 0) is 32.6 Å². The molecule has 0 atom stereocenters. The molecule has 2 aromatic carbocycles. The third kappa shape index (κ3) is 4.76. The Labute approximate surface area is 192 Å². The van der Waals surface area contributed by atoms with Crippen LogP contribution in [0.15, 0.2) is 59.1 Å². The molecule has 2 aliphatic carbocycles. The van der Waals surface area contributed by atoms with Gasteiger partial charge in [0.2, 0.25) is 0 Å². The Morgan fingerprint density at radius 1 is 1.12 bits per heavy atom. The topological polar surface area (TPSA) is 0 Å². The monoisotopic (exact) mass is 524 g/mol. The zero-order valence-electron chi connectivity index (χ0n) is 13.2. The predicted molar refractivity (Wildman–Crippen MR) is 98.2 cm³/mol. The van der Waals surface area contributed by atoms with Gasteiger partial charge in [-0.3, -0.25) is 6.08 Å². The van der Waals surface area contributed by atoms with E-state index in [4.69, 9.17) is 0 Å². The van der Waals surface area contributed by atoms with Gasteiger partial charge in [0.25, 0.3) is 0 Å². The summed E-state index contributed by atoms with van der Waals surface area (Å²) in [5.74, 6) is 0. The van der Waals surface area contributed by atoms with Gasteiger partial charge in [0.1, 0.15) is 0 Å². The zero-order chi connectivity index (χ0) is 14.9. The molecular formula is C20H13BrCl2SZr. The molecule has 0 fully saturated rings. The van der Waals surface area contributed by atoms with Crippen molar-refractivity contribution < 1.29 is 51.0 Å². The Morgan fingerprint density at radius 3 is 2.60 bits per heavy atom. The summed E-state index contributed by atoms with van der Waals surface area (Å²) in [6.07, 6.45) is 11.1. The predicted octanol–water partition coefficient (Wildman–Crippen LogP) is 0.346. The second-order valence-electron chi connectivity index (χ2n) is 5.29. The van der Waals surface area contributed by atoms with E-state index in [1.807, 2.05) is 29.6 Å². The molecule has 0 amide bonds. The van der Waals surface area contributed by atoms with Gasteiger partial charge >= 0.3 is 26.2 Å². The molecule has 25 heavy (non-hydrogen) atoms. The van der Waals surface area contributed by atoms with E-state index in [2.05, 4.69) is 64.5 Å². The molecule has 0 bridgehead atoms. The first-order valence-electron chi connectivity index (χ1n) is 7.25. The minimum Gasteiger partial charge on any atom is -1.00 e. The third-order valence-electron chi connectivity index (χ3n) is 3.86. The molecular weight excluding hydrogens is 514 g/mol. The summed E-state index contributed by atoms with van der Waals surface area (Å²) in [6, 6.07) is 16.3. The molecule has 1 aromatic heterocycles. The van der Waals surface area contributed by atoms with Crippen molar-refractivity contribution in [2.24, 2.45) is 0 Å². The van der Waals surface area contributed by atoms with Crippen LogP contribution >= 0.6 is 27.3 Å². The van der Waals surface area contributed by atoms with Crippen molar-refractivity contribution in [3.63, 3.8) is 0 Å². The number of allylic oxidation sites excluding steroid dienone is 4. The summed E-state index contributed by atoms with van der Waals surface area (Å²) in [5.41, 5.74) is 4.26. The molecule has 0 N–H and O–H groups in total. The molecule has 0 spiro atoms. The van der Waals surface area contributed by atoms with Crippen molar-refractivity contribution in [1.82, 2.24) is 0 Å². The first-order valence-corrected chi connectivity index (χ1v) is 8.86. The van der Waals surface area contributed by atoms with Gasteiger partial charge in [-0.25, -0.2) is 23.5 Å². The molecule has 3 aromatic rings. The quantitative estimate of drug-likeness (QED) is 0.290. The van der Waals surface area contributed by atoms with E-state index in [0.717, 1.165) is 17.3 Å². The van der Waals surface area contributed by atoms with Gasteiger partial charge in [-0.15, -0.1) is 45.9 Å². The number of rotatable bonds is 0. The minimum atomic E-state index is 0. The molecule has 5 rings (SSSR count). The summed E-state index contributed by atoms with van der Waals surface area (Å²) in [7, 11) is 0. The van der Waals surface area contributed by atoms with Gasteiger partial charge in [-0.2, -0.15) is 6.08 Å². The van der Waals surface area contributed by atoms with E-state index in [-0.39, 0.29) is 51.0 Å². The summed E-state index contributed by atoms with van der Waals surface area (Å²) in [5, 5.41) is 1.28. The molecule has 0 nitrogen and oxygen atoms in total. The van der Waals surface area contributed by atoms with E-state index in [0.29, 0.717) is 0 Å². The van der Waals surface area contributed by atoms with Crippen LogP contribution in [0.5, 0.6) is 0 Å². The first kappa shape index (κ1) is 22.9. The molecule has 0 saturated carbocycles. The van der Waals surface area contributed by atoms with Crippen LogP contribution in [-0.4, -0.2) is 0 Å². The minimum absolute atomic E-state index is 0. The standard InChI is InChI=1S/C15H8BrS.C5H5.2ClH.Zr/c16-10-5-6-12-13(8-10)17-14-7-9-3-1-2-4-11(9)15(12)14;1-2-4-5-3-1;;;/h1-5,8H,7H2;1-3H,4H2;2*1H;/q2*-1;;;+4/p-2. The molecule has 0 radical (unpaired) electrons. The number of fused-ring (bicyclic) bond motifs is 5. The maximum absolute atomic E-state index is 3.51. The second-order valence-corrected chi connectivity index (χ2v) is 7.35. The Balaban J connectivity index is 0.000000344. The normalized spacial score (nSPS) is 12.2. The Kier molecular flexibility index (Phi) is 9.36. The van der Waals surface area contributed by atoms with Crippen LogP contribution < -0.4 is 24.8 Å². The number of hydrogen-bond acceptors (Lipinski definition) is 1. The zero-order valence-corrected chi connectivity index (χ0v) is 19.5. The van der Waals surface area contributed by atoms with Crippen molar-refractivity contribution >= 4 is 37.4 Å². The Morgan fingerprint density at radius 2 is 1.92 bits per heavy atom. The largest absolute Gasteiger partial charge is 4.00 e. The molecule has 1 heterocycles. The molecule has 5 heteroatoms. The average Bonchev–Trinajstić information content (AvgIpc) is 3.24. The Hall–Kier alpha value is -0.177. The Bertz CT molecular complexity index is 905. The summed E-state index contributed by atoms with van der Waals surface area (Å²) < 4.78 is 2.44. The van der Waals surface area contributed by atoms with E-state index in [9.17, 15) is 0 Å². The van der Waals surface area contributed by atoms with Gasteiger partial charge < -0.3 is 24.8 Å². The molecule has 124 valence electrons. The van der Waals surface area contributed by atoms with Crippen molar-refractivity contribution in [3.05, 3.63) is 81.7 Å². The van der Waals surface area contributed by atoms with Gasteiger partial charge in [0.15, 0.2) is 0 Å². The van der Waals surface area contributed by atoms with E-state index in [1.54, 1.807) is 0 Å². The van der Waals surface area contributed by atoms with Crippen molar-refractivity contribution in [2.45, 2.75) is 12.8 Å². The molecule has 0 unspecified atom stereocenters. The number of hydrogen-bond donors (Lipinski definition) is 0. The molecule has 2 aliphatic rings. The van der Waals surface area contributed by atoms with Crippen LogP contribution in [0.25, 0.3) is 21.2 Å². The van der Waals surface area contributed by atoms with Gasteiger partial charge in [0.05, 0.1) is 0 Å². The summed E-state index contributed by atoms with van der Waals surface area (Å²) in [6.45, 7) is 0. The van der Waals surface area contributed by atoms with Crippen LogP contribution in [0.1, 0.15) is 16.9 Å². The van der Waals surface area contributed by atoms with Gasteiger partial charge in [-0.05, 0) is 16.9 Å². The molecule has 0 saturated heterocycles. The van der Waals surface area contributed by atoms with E-state index in [1.165, 1.54) is 31.7 Å². The third-order valence-corrected chi connectivity index (χ3v) is 5.45. The maximum Gasteiger partial charge on any atom is 4.00 e. The number of benzene rings is 2. The SMILES string of the molecule is Brc1c[c-]c2c3c(sc2c1)Cc1ccccc1-3.[C-]1=CC=CC1.[Cl-].[Cl-].[Zr+4]. The van der Waals surface area contributed by atoms with Crippen LogP contribution in [0.4, 0.5) is 0 Å². The average molecular weight is 527 g/mol. The van der Waals surface area contributed by atoms with Crippen LogP contribution in [0.2, 0.25) is 0 Å².